The molecule has 1 aliphatic rings. The minimum Gasteiger partial charge on any atom is -0.488 e. The molecule has 116 valence electrons. The standard InChI is InChI=1S/C17H27N3O/c1-5-18-17(20-13(4)12(2)3)19-11-15-10-14-8-6-7-9-16(14)21-15/h6-9,12-13,15H,5,10-11H2,1-4H3,(H2,18,19,20). The van der Waals surface area contributed by atoms with E-state index in [1.165, 1.54) is 5.56 Å². The molecule has 2 atom stereocenters. The molecule has 0 saturated carbocycles. The van der Waals surface area contributed by atoms with Crippen molar-refractivity contribution in [2.45, 2.75) is 46.3 Å². The highest BCUT2D eigenvalue weighted by molar-refractivity contribution is 5.80. The van der Waals surface area contributed by atoms with Gasteiger partial charge in [-0.3, -0.25) is 0 Å². The molecule has 1 heterocycles. The van der Waals surface area contributed by atoms with E-state index in [9.17, 15) is 0 Å². The highest BCUT2D eigenvalue weighted by Gasteiger charge is 2.22. The summed E-state index contributed by atoms with van der Waals surface area (Å²) in [7, 11) is 0. The quantitative estimate of drug-likeness (QED) is 0.647. The van der Waals surface area contributed by atoms with Crippen molar-refractivity contribution in [2.24, 2.45) is 10.9 Å². The number of para-hydroxylation sites is 1. The van der Waals surface area contributed by atoms with Crippen LogP contribution in [0.4, 0.5) is 0 Å². The summed E-state index contributed by atoms with van der Waals surface area (Å²) in [5, 5.41) is 6.74. The highest BCUT2D eigenvalue weighted by Crippen LogP contribution is 2.28. The van der Waals surface area contributed by atoms with Gasteiger partial charge in [-0.15, -0.1) is 0 Å². The Kier molecular flexibility index (Phi) is 5.48. The van der Waals surface area contributed by atoms with Gasteiger partial charge in [0.2, 0.25) is 0 Å². The number of aliphatic imine (C=N–C) groups is 1. The molecule has 4 nitrogen and oxygen atoms in total. The van der Waals surface area contributed by atoms with Gasteiger partial charge >= 0.3 is 0 Å². The van der Waals surface area contributed by atoms with Crippen molar-refractivity contribution in [3.05, 3.63) is 29.8 Å². The predicted molar refractivity (Wildman–Crippen MR) is 88.0 cm³/mol. The summed E-state index contributed by atoms with van der Waals surface area (Å²) in [5.41, 5.74) is 1.28. The number of rotatable bonds is 5. The molecule has 1 aromatic carbocycles. The van der Waals surface area contributed by atoms with Gasteiger partial charge in [0, 0.05) is 19.0 Å². The first-order valence-corrected chi connectivity index (χ1v) is 7.89. The van der Waals surface area contributed by atoms with Gasteiger partial charge in [-0.05, 0) is 31.4 Å². The summed E-state index contributed by atoms with van der Waals surface area (Å²) in [5.74, 6) is 2.45. The van der Waals surface area contributed by atoms with Crippen LogP contribution in [0.15, 0.2) is 29.3 Å². The van der Waals surface area contributed by atoms with E-state index in [1.54, 1.807) is 0 Å². The molecule has 0 fully saturated rings. The van der Waals surface area contributed by atoms with Crippen LogP contribution in [0.1, 0.15) is 33.3 Å². The molecule has 2 N–H and O–H groups in total. The van der Waals surface area contributed by atoms with Gasteiger partial charge in [0.15, 0.2) is 5.96 Å². The van der Waals surface area contributed by atoms with E-state index in [1.807, 2.05) is 12.1 Å². The van der Waals surface area contributed by atoms with Crippen LogP contribution in [0.2, 0.25) is 0 Å². The molecule has 1 aromatic rings. The molecule has 0 aromatic heterocycles. The summed E-state index contributed by atoms with van der Waals surface area (Å²) in [6, 6.07) is 8.63. The van der Waals surface area contributed by atoms with Gasteiger partial charge in [-0.25, -0.2) is 4.99 Å². The van der Waals surface area contributed by atoms with E-state index in [0.29, 0.717) is 18.5 Å². The largest absolute Gasteiger partial charge is 0.488 e. The van der Waals surface area contributed by atoms with E-state index in [2.05, 4.69) is 55.5 Å². The smallest absolute Gasteiger partial charge is 0.191 e. The second-order valence-corrected chi connectivity index (χ2v) is 5.95. The van der Waals surface area contributed by atoms with E-state index >= 15 is 0 Å². The van der Waals surface area contributed by atoms with Crippen LogP contribution < -0.4 is 15.4 Å². The molecular formula is C17H27N3O. The summed E-state index contributed by atoms with van der Waals surface area (Å²) in [6.07, 6.45) is 1.09. The fourth-order valence-electron chi connectivity index (χ4n) is 2.25. The second-order valence-electron chi connectivity index (χ2n) is 5.95. The Morgan fingerprint density at radius 1 is 1.33 bits per heavy atom. The lowest BCUT2D eigenvalue weighted by atomic mass is 10.1. The molecule has 0 saturated heterocycles. The topological polar surface area (TPSA) is 45.7 Å². The van der Waals surface area contributed by atoms with Crippen LogP contribution in [0.5, 0.6) is 5.75 Å². The average molecular weight is 289 g/mol. The summed E-state index contributed by atoms with van der Waals surface area (Å²) < 4.78 is 5.93. The fraction of sp³-hybridized carbons (Fsp3) is 0.588. The molecule has 2 rings (SSSR count). The maximum absolute atomic E-state index is 5.93. The van der Waals surface area contributed by atoms with Gasteiger partial charge in [0.25, 0.3) is 0 Å². The van der Waals surface area contributed by atoms with E-state index in [-0.39, 0.29) is 6.10 Å². The monoisotopic (exact) mass is 289 g/mol. The number of hydrogen-bond donors (Lipinski definition) is 2. The summed E-state index contributed by atoms with van der Waals surface area (Å²) in [4.78, 5) is 4.67. The molecule has 0 spiro atoms. The lowest BCUT2D eigenvalue weighted by molar-refractivity contribution is 0.241. The molecule has 0 radical (unpaired) electrons. The van der Waals surface area contributed by atoms with Crippen LogP contribution in [0.25, 0.3) is 0 Å². The Labute approximate surface area is 128 Å². The molecule has 0 amide bonds. The molecule has 0 bridgehead atoms. The van der Waals surface area contributed by atoms with Crippen LogP contribution in [0.3, 0.4) is 0 Å². The van der Waals surface area contributed by atoms with E-state index in [0.717, 1.165) is 24.7 Å². The van der Waals surface area contributed by atoms with Gasteiger partial charge in [0.1, 0.15) is 11.9 Å². The summed E-state index contributed by atoms with van der Waals surface area (Å²) >= 11 is 0. The van der Waals surface area contributed by atoms with E-state index < -0.39 is 0 Å². The maximum atomic E-state index is 5.93. The van der Waals surface area contributed by atoms with E-state index in [4.69, 9.17) is 4.74 Å². The zero-order valence-electron chi connectivity index (χ0n) is 13.5. The average Bonchev–Trinajstić information content (AvgIpc) is 2.87. The molecule has 21 heavy (non-hydrogen) atoms. The first-order chi connectivity index (χ1) is 10.1. The Morgan fingerprint density at radius 3 is 2.76 bits per heavy atom. The van der Waals surface area contributed by atoms with Crippen molar-refractivity contribution in [2.75, 3.05) is 13.1 Å². The minimum atomic E-state index is 0.146. The Bertz CT molecular complexity index is 460. The normalized spacial score (nSPS) is 19.1. The van der Waals surface area contributed by atoms with Gasteiger partial charge in [-0.1, -0.05) is 32.0 Å². The molecular weight excluding hydrogens is 262 g/mol. The SMILES string of the molecule is CCNC(=NCC1Cc2ccccc2O1)NC(C)C(C)C. The number of guanidine groups is 1. The molecule has 2 unspecified atom stereocenters. The Morgan fingerprint density at radius 2 is 2.10 bits per heavy atom. The van der Waals surface area contributed by atoms with Gasteiger partial charge in [0.05, 0.1) is 6.54 Å². The van der Waals surface area contributed by atoms with Crippen molar-refractivity contribution >= 4 is 5.96 Å². The Balaban J connectivity index is 1.92. The lowest BCUT2D eigenvalue weighted by Gasteiger charge is -2.21. The van der Waals surface area contributed by atoms with Crippen molar-refractivity contribution in [3.63, 3.8) is 0 Å². The maximum Gasteiger partial charge on any atom is 0.191 e. The van der Waals surface area contributed by atoms with Gasteiger partial charge < -0.3 is 15.4 Å². The third kappa shape index (κ3) is 4.38. The van der Waals surface area contributed by atoms with Crippen LogP contribution >= 0.6 is 0 Å². The first-order valence-electron chi connectivity index (χ1n) is 7.89. The van der Waals surface area contributed by atoms with Crippen molar-refractivity contribution in [1.29, 1.82) is 0 Å². The number of ether oxygens (including phenoxy) is 1. The fourth-order valence-corrected chi connectivity index (χ4v) is 2.25. The molecule has 4 heteroatoms. The highest BCUT2D eigenvalue weighted by atomic mass is 16.5. The van der Waals surface area contributed by atoms with Crippen molar-refractivity contribution in [1.82, 2.24) is 10.6 Å². The third-order valence-electron chi connectivity index (χ3n) is 3.88. The number of nitrogens with one attached hydrogen (secondary N) is 2. The Hall–Kier alpha value is -1.71. The first kappa shape index (κ1) is 15.7. The predicted octanol–water partition coefficient (Wildman–Crippen LogP) is 2.59. The van der Waals surface area contributed by atoms with Gasteiger partial charge in [-0.2, -0.15) is 0 Å². The number of nitrogens with zero attached hydrogens (tertiary/aromatic N) is 1. The number of benzene rings is 1. The van der Waals surface area contributed by atoms with Crippen LogP contribution in [0, 0.1) is 5.92 Å². The number of hydrogen-bond acceptors (Lipinski definition) is 2. The lowest BCUT2D eigenvalue weighted by Crippen LogP contribution is -2.44. The third-order valence-corrected chi connectivity index (χ3v) is 3.88. The zero-order valence-corrected chi connectivity index (χ0v) is 13.5. The van der Waals surface area contributed by atoms with Crippen LogP contribution in [-0.2, 0) is 6.42 Å². The summed E-state index contributed by atoms with van der Waals surface area (Å²) in [6.45, 7) is 10.2. The van der Waals surface area contributed by atoms with Crippen molar-refractivity contribution < 1.29 is 4.74 Å². The van der Waals surface area contributed by atoms with Crippen LogP contribution in [-0.4, -0.2) is 31.2 Å². The molecule has 0 aliphatic carbocycles. The second kappa shape index (κ2) is 7.34. The minimum absolute atomic E-state index is 0.146. The van der Waals surface area contributed by atoms with Crippen molar-refractivity contribution in [3.8, 4) is 5.75 Å². The molecule has 1 aliphatic heterocycles. The zero-order chi connectivity index (χ0) is 15.2. The number of fused-ring (bicyclic) bond motifs is 1.